The first kappa shape index (κ1) is 39.0. The molecule has 0 aliphatic rings. The normalized spacial score (nSPS) is 12.8. The highest BCUT2D eigenvalue weighted by Crippen LogP contribution is 2.19. The van der Waals surface area contributed by atoms with Crippen molar-refractivity contribution < 1.29 is 28.7 Å². The van der Waals surface area contributed by atoms with Crippen molar-refractivity contribution in [3.8, 4) is 0 Å². The van der Waals surface area contributed by atoms with Crippen LogP contribution in [0.5, 0.6) is 0 Å². The van der Waals surface area contributed by atoms with Crippen LogP contribution in [0.4, 0.5) is 5.69 Å². The average Bonchev–Trinajstić information content (AvgIpc) is 3.07. The maximum absolute atomic E-state index is 13.8. The van der Waals surface area contributed by atoms with Crippen LogP contribution in [0.2, 0.25) is 0 Å². The van der Waals surface area contributed by atoms with E-state index in [0.717, 1.165) is 10.8 Å². The van der Waals surface area contributed by atoms with Crippen LogP contribution >= 0.6 is 0 Å². The van der Waals surface area contributed by atoms with E-state index >= 15 is 0 Å². The molecule has 268 valence electrons. The molecule has 8 N–H and O–H groups in total. The number of carbonyl (C=O) groups is 5. The van der Waals surface area contributed by atoms with Crippen molar-refractivity contribution in [3.05, 3.63) is 78.4 Å². The molecule has 3 rings (SSSR count). The molecule has 0 spiro atoms. The van der Waals surface area contributed by atoms with Crippen LogP contribution in [0.25, 0.3) is 10.8 Å². The Morgan fingerprint density at radius 2 is 1.28 bits per heavy atom. The molecular formula is C37H49N7O6. The zero-order valence-electron chi connectivity index (χ0n) is 29.1. The molecule has 0 fully saturated rings. The maximum atomic E-state index is 13.8. The molecule has 0 unspecified atom stereocenters. The van der Waals surface area contributed by atoms with E-state index in [0.29, 0.717) is 17.7 Å². The predicted octanol–water partition coefficient (Wildman–Crippen LogP) is 3.12. The Morgan fingerprint density at radius 1 is 0.700 bits per heavy atom. The molecule has 0 bridgehead atoms. The van der Waals surface area contributed by atoms with Crippen molar-refractivity contribution in [2.24, 2.45) is 28.3 Å². The van der Waals surface area contributed by atoms with Crippen LogP contribution in [0.1, 0.15) is 58.9 Å². The molecular weight excluding hydrogens is 638 g/mol. The fourth-order valence-corrected chi connectivity index (χ4v) is 5.23. The van der Waals surface area contributed by atoms with E-state index in [1.165, 1.54) is 0 Å². The summed E-state index contributed by atoms with van der Waals surface area (Å²) in [6, 6.07) is 19.0. The summed E-state index contributed by atoms with van der Waals surface area (Å²) < 4.78 is 5.12. The van der Waals surface area contributed by atoms with Crippen molar-refractivity contribution in [3.63, 3.8) is 0 Å². The van der Waals surface area contributed by atoms with Crippen LogP contribution in [-0.2, 0) is 35.3 Å². The number of rotatable bonds is 17. The summed E-state index contributed by atoms with van der Waals surface area (Å²) in [7, 11) is 0. The summed E-state index contributed by atoms with van der Waals surface area (Å²) in [5.41, 5.74) is 12.2. The Kier molecular flexibility index (Phi) is 15.2. The lowest BCUT2D eigenvalue weighted by molar-refractivity contribution is -0.156. The number of nitrogens with two attached hydrogens (primary N) is 2. The van der Waals surface area contributed by atoms with Gasteiger partial charge in [-0.2, -0.15) is 0 Å². The van der Waals surface area contributed by atoms with E-state index in [9.17, 15) is 24.0 Å². The van der Waals surface area contributed by atoms with Gasteiger partial charge in [0, 0.05) is 12.2 Å². The molecule has 3 aromatic carbocycles. The second-order valence-corrected chi connectivity index (χ2v) is 13.0. The van der Waals surface area contributed by atoms with Crippen LogP contribution in [-0.4, -0.2) is 60.2 Å². The molecule has 0 saturated carbocycles. The maximum Gasteiger partial charge on any atom is 0.397 e. The zero-order chi connectivity index (χ0) is 36.6. The quantitative estimate of drug-likeness (QED) is 0.0408. The number of nitrogens with one attached hydrogen (secondary N) is 4. The van der Waals surface area contributed by atoms with Gasteiger partial charge < -0.3 is 37.5 Å². The van der Waals surface area contributed by atoms with Gasteiger partial charge >= 0.3 is 11.9 Å². The van der Waals surface area contributed by atoms with E-state index < -0.39 is 47.7 Å². The fraction of sp³-hybridized carbons (Fsp3) is 0.405. The van der Waals surface area contributed by atoms with Gasteiger partial charge in [-0.1, -0.05) is 88.4 Å². The summed E-state index contributed by atoms with van der Waals surface area (Å²) in [5, 5.41) is 12.9. The largest absolute Gasteiger partial charge is 0.454 e. The lowest BCUT2D eigenvalue weighted by atomic mass is 9.99. The van der Waals surface area contributed by atoms with Crippen LogP contribution in [0.3, 0.4) is 0 Å². The molecule has 0 aromatic heterocycles. The third-order valence-electron chi connectivity index (χ3n) is 7.66. The van der Waals surface area contributed by atoms with E-state index in [2.05, 4.69) is 26.3 Å². The Hall–Kier alpha value is -5.46. The Morgan fingerprint density at radius 3 is 1.90 bits per heavy atom. The number of amides is 4. The summed E-state index contributed by atoms with van der Waals surface area (Å²) in [6.45, 7) is 7.64. The SMILES string of the molecule is CC(C)C[C@H](NC(=O)C(=O)OCc1ccccc1)C(=O)N[C@@H](CC(C)C)C(=O)N[C@@H](CCCN=C(N)N)C(=O)Nc1ccc2ccccc2c1. The van der Waals surface area contributed by atoms with Crippen LogP contribution in [0.15, 0.2) is 77.8 Å². The Bertz CT molecular complexity index is 1640. The molecule has 0 aliphatic heterocycles. The highest BCUT2D eigenvalue weighted by Gasteiger charge is 2.31. The molecule has 13 nitrogen and oxygen atoms in total. The number of benzene rings is 3. The van der Waals surface area contributed by atoms with Gasteiger partial charge in [0.2, 0.25) is 17.7 Å². The molecule has 4 amide bonds. The van der Waals surface area contributed by atoms with Gasteiger partial charge in [0.25, 0.3) is 0 Å². The smallest absolute Gasteiger partial charge is 0.397 e. The van der Waals surface area contributed by atoms with Gasteiger partial charge in [0.05, 0.1) is 0 Å². The van der Waals surface area contributed by atoms with E-state index in [1.807, 2.05) is 70.2 Å². The molecule has 50 heavy (non-hydrogen) atoms. The van der Waals surface area contributed by atoms with Gasteiger partial charge in [0.15, 0.2) is 5.96 Å². The minimum atomic E-state index is -1.13. The van der Waals surface area contributed by atoms with Gasteiger partial charge in [-0.25, -0.2) is 4.79 Å². The number of hydrogen-bond donors (Lipinski definition) is 6. The van der Waals surface area contributed by atoms with E-state index in [4.69, 9.17) is 16.2 Å². The average molecular weight is 688 g/mol. The Labute approximate surface area is 293 Å². The number of guanidine groups is 1. The predicted molar refractivity (Wildman–Crippen MR) is 193 cm³/mol. The minimum Gasteiger partial charge on any atom is -0.454 e. The fourth-order valence-electron chi connectivity index (χ4n) is 5.23. The summed E-state index contributed by atoms with van der Waals surface area (Å²) in [6.07, 6.45) is 1.03. The van der Waals surface area contributed by atoms with Gasteiger partial charge in [-0.05, 0) is 66.0 Å². The summed E-state index contributed by atoms with van der Waals surface area (Å²) >= 11 is 0. The first-order chi connectivity index (χ1) is 23.8. The van der Waals surface area contributed by atoms with Crippen molar-refractivity contribution in [1.29, 1.82) is 0 Å². The van der Waals surface area contributed by atoms with Crippen LogP contribution in [0, 0.1) is 11.8 Å². The number of nitrogens with zero attached hydrogens (tertiary/aromatic N) is 1. The summed E-state index contributed by atoms with van der Waals surface area (Å²) in [4.78, 5) is 70.1. The molecule has 13 heteroatoms. The highest BCUT2D eigenvalue weighted by atomic mass is 16.5. The highest BCUT2D eigenvalue weighted by molar-refractivity contribution is 6.32. The second kappa shape index (κ2) is 19.5. The van der Waals surface area contributed by atoms with Gasteiger partial charge in [-0.15, -0.1) is 0 Å². The summed E-state index contributed by atoms with van der Waals surface area (Å²) in [5.74, 6) is -4.03. The monoisotopic (exact) mass is 687 g/mol. The first-order valence-corrected chi connectivity index (χ1v) is 16.8. The first-order valence-electron chi connectivity index (χ1n) is 16.8. The lowest BCUT2D eigenvalue weighted by Gasteiger charge is -2.26. The molecule has 3 aromatic rings. The third-order valence-corrected chi connectivity index (χ3v) is 7.66. The number of anilines is 1. The second-order valence-electron chi connectivity index (χ2n) is 13.0. The zero-order valence-corrected chi connectivity index (χ0v) is 29.1. The molecule has 0 aliphatic carbocycles. The van der Waals surface area contributed by atoms with Crippen molar-refractivity contribution in [2.45, 2.75) is 78.1 Å². The molecule has 0 radical (unpaired) electrons. The number of esters is 1. The standard InChI is InChI=1S/C37H49N7O6/c1-23(2)19-30(43-34(47)31(20-24(3)4)44-35(48)36(49)50-22-25-11-6-5-7-12-25)33(46)42-29(15-10-18-40-37(38)39)32(45)41-28-17-16-26-13-8-9-14-27(26)21-28/h5-9,11-14,16-17,21,23-24,29-31H,10,15,18-20,22H2,1-4H3,(H,41,45)(H,42,46)(H,43,47)(H,44,48)(H4,38,39,40)/t29-,30-,31-/m0/s1. The number of hydrogen-bond acceptors (Lipinski definition) is 7. The molecule has 3 atom stereocenters. The number of carbonyl (C=O) groups excluding carboxylic acids is 5. The lowest BCUT2D eigenvalue weighted by Crippen LogP contribution is -2.57. The van der Waals surface area contributed by atoms with Crippen molar-refractivity contribution in [1.82, 2.24) is 16.0 Å². The van der Waals surface area contributed by atoms with E-state index in [-0.39, 0.29) is 50.2 Å². The number of fused-ring (bicyclic) bond motifs is 1. The van der Waals surface area contributed by atoms with Gasteiger partial charge in [-0.3, -0.25) is 24.2 Å². The van der Waals surface area contributed by atoms with Crippen molar-refractivity contribution >= 4 is 52.0 Å². The molecule has 0 heterocycles. The van der Waals surface area contributed by atoms with Crippen LogP contribution < -0.4 is 32.7 Å². The van der Waals surface area contributed by atoms with Gasteiger partial charge in [0.1, 0.15) is 24.7 Å². The molecule has 0 saturated heterocycles. The minimum absolute atomic E-state index is 0.0242. The number of aliphatic imine (C=N–C) groups is 1. The van der Waals surface area contributed by atoms with E-state index in [1.54, 1.807) is 30.3 Å². The van der Waals surface area contributed by atoms with Crippen molar-refractivity contribution in [2.75, 3.05) is 11.9 Å². The topological polar surface area (TPSA) is 207 Å². The third kappa shape index (κ3) is 13.2. The number of ether oxygens (including phenoxy) is 1. The Balaban J connectivity index is 1.73.